The molecule has 0 saturated heterocycles. The molecule has 0 fully saturated rings. The highest BCUT2D eigenvalue weighted by Gasteiger charge is 2.21. The van der Waals surface area contributed by atoms with Crippen molar-refractivity contribution in [2.24, 2.45) is 0 Å². The number of hydrogen-bond acceptors (Lipinski definition) is 6. The summed E-state index contributed by atoms with van der Waals surface area (Å²) in [6, 6.07) is 5.68. The fourth-order valence-corrected chi connectivity index (χ4v) is 2.00. The standard InChI is InChI=1S/C15H13FN4O3/c1-9(14-19-18-10(2)23-14)22-15(21)13-7-17-8-20(13)12-5-3-11(16)4-6-12/h3-9H,1-2H3. The van der Waals surface area contributed by atoms with Gasteiger partial charge in [0.05, 0.1) is 12.5 Å². The molecular weight excluding hydrogens is 303 g/mol. The summed E-state index contributed by atoms with van der Waals surface area (Å²) in [6.45, 7) is 3.28. The van der Waals surface area contributed by atoms with Crippen molar-refractivity contribution in [3.05, 3.63) is 60.1 Å². The van der Waals surface area contributed by atoms with Crippen LogP contribution in [0.2, 0.25) is 0 Å². The SMILES string of the molecule is Cc1nnc(C(C)OC(=O)c2cncn2-c2ccc(F)cc2)o1. The number of halogens is 1. The molecule has 118 valence electrons. The molecule has 0 radical (unpaired) electrons. The number of aromatic nitrogens is 4. The Bertz CT molecular complexity index is 825. The average molecular weight is 316 g/mol. The van der Waals surface area contributed by atoms with Gasteiger partial charge >= 0.3 is 5.97 Å². The van der Waals surface area contributed by atoms with Crippen LogP contribution in [0.25, 0.3) is 5.69 Å². The molecule has 8 heteroatoms. The topological polar surface area (TPSA) is 83.0 Å². The van der Waals surface area contributed by atoms with Crippen LogP contribution in [-0.2, 0) is 4.74 Å². The van der Waals surface area contributed by atoms with E-state index in [9.17, 15) is 9.18 Å². The zero-order chi connectivity index (χ0) is 16.4. The molecule has 1 unspecified atom stereocenters. The van der Waals surface area contributed by atoms with Crippen LogP contribution in [0.3, 0.4) is 0 Å². The third-order valence-corrected chi connectivity index (χ3v) is 3.13. The van der Waals surface area contributed by atoms with E-state index in [1.807, 2.05) is 0 Å². The minimum atomic E-state index is -0.694. The Morgan fingerprint density at radius 1 is 1.30 bits per heavy atom. The first-order valence-electron chi connectivity index (χ1n) is 6.84. The number of rotatable bonds is 4. The predicted octanol–water partition coefficient (Wildman–Crippen LogP) is 2.62. The lowest BCUT2D eigenvalue weighted by molar-refractivity contribution is 0.0267. The molecule has 3 rings (SSSR count). The molecule has 1 aromatic carbocycles. The molecule has 23 heavy (non-hydrogen) atoms. The maximum atomic E-state index is 13.0. The molecule has 1 atom stereocenters. The monoisotopic (exact) mass is 316 g/mol. The van der Waals surface area contributed by atoms with Gasteiger partial charge in [-0.25, -0.2) is 14.2 Å². The van der Waals surface area contributed by atoms with Crippen molar-refractivity contribution in [2.45, 2.75) is 20.0 Å². The molecule has 0 spiro atoms. The van der Waals surface area contributed by atoms with Crippen LogP contribution in [0.15, 0.2) is 41.2 Å². The van der Waals surface area contributed by atoms with Crippen LogP contribution in [0.4, 0.5) is 4.39 Å². The van der Waals surface area contributed by atoms with Crippen molar-refractivity contribution < 1.29 is 18.3 Å². The van der Waals surface area contributed by atoms with E-state index in [1.165, 1.54) is 29.2 Å². The fraction of sp³-hybridized carbons (Fsp3) is 0.200. The summed E-state index contributed by atoms with van der Waals surface area (Å²) >= 11 is 0. The van der Waals surface area contributed by atoms with E-state index < -0.39 is 12.1 Å². The van der Waals surface area contributed by atoms with Gasteiger partial charge in [-0.2, -0.15) is 0 Å². The van der Waals surface area contributed by atoms with E-state index in [1.54, 1.807) is 26.0 Å². The Hall–Kier alpha value is -3.03. The summed E-state index contributed by atoms with van der Waals surface area (Å²) in [5.74, 6) is -0.364. The van der Waals surface area contributed by atoms with Gasteiger partial charge in [0.25, 0.3) is 5.89 Å². The number of carbonyl (C=O) groups is 1. The molecule has 0 aliphatic carbocycles. The zero-order valence-corrected chi connectivity index (χ0v) is 12.4. The number of hydrogen-bond donors (Lipinski definition) is 0. The summed E-state index contributed by atoms with van der Waals surface area (Å²) in [4.78, 5) is 16.3. The van der Waals surface area contributed by atoms with Crippen molar-refractivity contribution >= 4 is 5.97 Å². The number of nitrogens with zero attached hydrogens (tertiary/aromatic N) is 4. The summed E-state index contributed by atoms with van der Waals surface area (Å²) in [7, 11) is 0. The normalized spacial score (nSPS) is 12.1. The van der Waals surface area contributed by atoms with Gasteiger partial charge in [0.2, 0.25) is 5.89 Å². The number of esters is 1. The molecule has 0 bridgehead atoms. The highest BCUT2D eigenvalue weighted by molar-refractivity contribution is 5.88. The number of benzene rings is 1. The predicted molar refractivity (Wildman–Crippen MR) is 76.4 cm³/mol. The molecule has 2 aromatic heterocycles. The van der Waals surface area contributed by atoms with Crippen molar-refractivity contribution in [3.63, 3.8) is 0 Å². The van der Waals surface area contributed by atoms with E-state index in [0.29, 0.717) is 11.6 Å². The Morgan fingerprint density at radius 3 is 2.70 bits per heavy atom. The number of carbonyl (C=O) groups excluding carboxylic acids is 1. The molecule has 0 aliphatic heterocycles. The quantitative estimate of drug-likeness (QED) is 0.688. The molecule has 3 aromatic rings. The van der Waals surface area contributed by atoms with E-state index in [-0.39, 0.29) is 17.4 Å². The minimum Gasteiger partial charge on any atom is -0.448 e. The first kappa shape index (κ1) is 14.9. The molecule has 7 nitrogen and oxygen atoms in total. The van der Waals surface area contributed by atoms with Gasteiger partial charge in [-0.05, 0) is 31.2 Å². The maximum Gasteiger partial charge on any atom is 0.357 e. The number of imidazole rings is 1. The third kappa shape index (κ3) is 3.10. The van der Waals surface area contributed by atoms with Gasteiger partial charge in [0.15, 0.2) is 11.8 Å². The second-order valence-corrected chi connectivity index (χ2v) is 4.83. The third-order valence-electron chi connectivity index (χ3n) is 3.13. The Kier molecular flexibility index (Phi) is 3.88. The minimum absolute atomic E-state index is 0.208. The van der Waals surface area contributed by atoms with Gasteiger partial charge in [0.1, 0.15) is 5.82 Å². The van der Waals surface area contributed by atoms with Crippen molar-refractivity contribution in [1.29, 1.82) is 0 Å². The highest BCUT2D eigenvalue weighted by atomic mass is 19.1. The second kappa shape index (κ2) is 5.99. The van der Waals surface area contributed by atoms with Gasteiger partial charge in [-0.3, -0.25) is 4.57 Å². The average Bonchev–Trinajstić information content (AvgIpc) is 3.17. The van der Waals surface area contributed by atoms with Crippen LogP contribution in [0, 0.1) is 12.7 Å². The highest BCUT2D eigenvalue weighted by Crippen LogP contribution is 2.19. The molecule has 2 heterocycles. The van der Waals surface area contributed by atoms with Crippen LogP contribution in [0.5, 0.6) is 0 Å². The first-order chi connectivity index (χ1) is 11.0. The van der Waals surface area contributed by atoms with E-state index >= 15 is 0 Å². The van der Waals surface area contributed by atoms with Gasteiger partial charge in [-0.1, -0.05) is 0 Å². The largest absolute Gasteiger partial charge is 0.448 e. The van der Waals surface area contributed by atoms with Gasteiger partial charge in [0, 0.05) is 12.6 Å². The van der Waals surface area contributed by atoms with Crippen LogP contribution >= 0.6 is 0 Å². The van der Waals surface area contributed by atoms with Crippen LogP contribution < -0.4 is 0 Å². The lowest BCUT2D eigenvalue weighted by atomic mass is 10.3. The van der Waals surface area contributed by atoms with Crippen molar-refractivity contribution in [2.75, 3.05) is 0 Å². The second-order valence-electron chi connectivity index (χ2n) is 4.83. The van der Waals surface area contributed by atoms with Crippen molar-refractivity contribution in [3.8, 4) is 5.69 Å². The van der Waals surface area contributed by atoms with Crippen LogP contribution in [0.1, 0.15) is 35.3 Å². The first-order valence-corrected chi connectivity index (χ1v) is 6.84. The lowest BCUT2D eigenvalue weighted by Gasteiger charge is -2.11. The van der Waals surface area contributed by atoms with E-state index in [4.69, 9.17) is 9.15 Å². The summed E-state index contributed by atoms with van der Waals surface area (Å²) < 4.78 is 25.1. The Morgan fingerprint density at radius 2 is 2.04 bits per heavy atom. The molecule has 0 aliphatic rings. The Balaban J connectivity index is 1.81. The molecule has 0 saturated carbocycles. The zero-order valence-electron chi connectivity index (χ0n) is 12.4. The smallest absolute Gasteiger partial charge is 0.357 e. The van der Waals surface area contributed by atoms with Crippen molar-refractivity contribution in [1.82, 2.24) is 19.7 Å². The number of ether oxygens (including phenoxy) is 1. The summed E-state index contributed by atoms with van der Waals surface area (Å²) in [5.41, 5.74) is 0.803. The van der Waals surface area contributed by atoms with E-state index in [2.05, 4.69) is 15.2 Å². The molecule has 0 N–H and O–H groups in total. The van der Waals surface area contributed by atoms with E-state index in [0.717, 1.165) is 0 Å². The Labute approximate surface area is 130 Å². The maximum absolute atomic E-state index is 13.0. The van der Waals surface area contributed by atoms with Gasteiger partial charge in [-0.15, -0.1) is 10.2 Å². The number of aryl methyl sites for hydroxylation is 1. The van der Waals surface area contributed by atoms with Crippen LogP contribution in [-0.4, -0.2) is 25.7 Å². The molecular formula is C15H13FN4O3. The summed E-state index contributed by atoms with van der Waals surface area (Å²) in [6.07, 6.45) is 2.13. The molecule has 0 amide bonds. The fourth-order valence-electron chi connectivity index (χ4n) is 2.00. The summed E-state index contributed by atoms with van der Waals surface area (Å²) in [5, 5.41) is 7.50. The van der Waals surface area contributed by atoms with Gasteiger partial charge < -0.3 is 9.15 Å². The lowest BCUT2D eigenvalue weighted by Crippen LogP contribution is -2.13.